The summed E-state index contributed by atoms with van der Waals surface area (Å²) in [5.74, 6) is -3.91. The third-order valence-corrected chi connectivity index (χ3v) is 1.40. The predicted octanol–water partition coefficient (Wildman–Crippen LogP) is 2.32. The molecule has 0 aliphatic heterocycles. The molecule has 4 heteroatoms. The summed E-state index contributed by atoms with van der Waals surface area (Å²) in [6, 6.07) is 0. The molecule has 0 rings (SSSR count). The molecule has 0 fully saturated rings. The van der Waals surface area contributed by atoms with E-state index in [1.807, 2.05) is 0 Å². The normalized spacial score (nSPS) is 12.5. The number of alkyl halides is 2. The SMILES string of the molecule is C=CC(F)(F)/C(C)=C\C(=O)OCC. The lowest BCUT2D eigenvalue weighted by atomic mass is 10.1. The lowest BCUT2D eigenvalue weighted by molar-refractivity contribution is -0.137. The molecule has 0 bridgehead atoms. The van der Waals surface area contributed by atoms with Gasteiger partial charge in [-0.15, -0.1) is 0 Å². The summed E-state index contributed by atoms with van der Waals surface area (Å²) in [4.78, 5) is 10.7. The van der Waals surface area contributed by atoms with E-state index in [4.69, 9.17) is 0 Å². The molecule has 0 aromatic rings. The van der Waals surface area contributed by atoms with Crippen LogP contribution in [0.1, 0.15) is 13.8 Å². The van der Waals surface area contributed by atoms with E-state index in [9.17, 15) is 13.6 Å². The van der Waals surface area contributed by atoms with E-state index < -0.39 is 11.9 Å². The maximum Gasteiger partial charge on any atom is 0.330 e. The summed E-state index contributed by atoms with van der Waals surface area (Å²) in [7, 11) is 0. The van der Waals surface area contributed by atoms with Crippen molar-refractivity contribution in [2.75, 3.05) is 6.61 Å². The van der Waals surface area contributed by atoms with Crippen LogP contribution in [-0.4, -0.2) is 18.5 Å². The van der Waals surface area contributed by atoms with E-state index in [2.05, 4.69) is 11.3 Å². The Kier molecular flexibility index (Phi) is 4.31. The summed E-state index contributed by atoms with van der Waals surface area (Å²) in [5.41, 5.74) is -0.374. The fourth-order valence-electron chi connectivity index (χ4n) is 0.618. The molecule has 0 heterocycles. The van der Waals surface area contributed by atoms with Gasteiger partial charge in [-0.2, -0.15) is 8.78 Å². The average molecular weight is 190 g/mol. The summed E-state index contributed by atoms with van der Waals surface area (Å²) in [6.45, 7) is 5.89. The van der Waals surface area contributed by atoms with Crippen molar-refractivity contribution in [2.24, 2.45) is 0 Å². The maximum absolute atomic E-state index is 12.8. The van der Waals surface area contributed by atoms with Crippen LogP contribution in [0.15, 0.2) is 24.3 Å². The Labute approximate surface area is 75.9 Å². The monoisotopic (exact) mass is 190 g/mol. The van der Waals surface area contributed by atoms with Crippen LogP contribution in [-0.2, 0) is 9.53 Å². The van der Waals surface area contributed by atoms with Gasteiger partial charge < -0.3 is 4.74 Å². The summed E-state index contributed by atoms with van der Waals surface area (Å²) in [6.07, 6.45) is 1.25. The molecule has 2 nitrogen and oxygen atoms in total. The minimum atomic E-state index is -3.15. The summed E-state index contributed by atoms with van der Waals surface area (Å²) < 4.78 is 30.0. The highest BCUT2D eigenvalue weighted by Crippen LogP contribution is 2.24. The van der Waals surface area contributed by atoms with Gasteiger partial charge in [0.15, 0.2) is 0 Å². The first-order chi connectivity index (χ1) is 5.94. The second-order valence-electron chi connectivity index (χ2n) is 2.41. The Hall–Kier alpha value is -1.19. The second kappa shape index (κ2) is 4.74. The van der Waals surface area contributed by atoms with Gasteiger partial charge in [-0.05, 0) is 19.9 Å². The smallest absolute Gasteiger partial charge is 0.330 e. The molecule has 0 saturated carbocycles. The summed E-state index contributed by atoms with van der Waals surface area (Å²) >= 11 is 0. The number of hydrogen-bond acceptors (Lipinski definition) is 2. The van der Waals surface area contributed by atoms with Gasteiger partial charge in [0.2, 0.25) is 0 Å². The van der Waals surface area contributed by atoms with E-state index in [0.29, 0.717) is 6.08 Å². The average Bonchev–Trinajstić information content (AvgIpc) is 2.04. The van der Waals surface area contributed by atoms with Crippen molar-refractivity contribution < 1.29 is 18.3 Å². The third kappa shape index (κ3) is 3.83. The number of halogens is 2. The number of esters is 1. The Bertz CT molecular complexity index is 232. The Balaban J connectivity index is 4.48. The van der Waals surface area contributed by atoms with Crippen LogP contribution in [0.25, 0.3) is 0 Å². The van der Waals surface area contributed by atoms with Gasteiger partial charge >= 0.3 is 5.97 Å². The number of rotatable bonds is 4. The molecule has 0 spiro atoms. The number of ether oxygens (including phenoxy) is 1. The van der Waals surface area contributed by atoms with Gasteiger partial charge in [-0.3, -0.25) is 0 Å². The van der Waals surface area contributed by atoms with Crippen LogP contribution < -0.4 is 0 Å². The van der Waals surface area contributed by atoms with Crippen molar-refractivity contribution >= 4 is 5.97 Å². The molecular formula is C9H12F2O2. The van der Waals surface area contributed by atoms with Crippen molar-refractivity contribution in [1.29, 1.82) is 0 Å². The first kappa shape index (κ1) is 11.8. The third-order valence-electron chi connectivity index (χ3n) is 1.40. The van der Waals surface area contributed by atoms with Crippen molar-refractivity contribution in [1.82, 2.24) is 0 Å². The predicted molar refractivity (Wildman–Crippen MR) is 45.5 cm³/mol. The van der Waals surface area contributed by atoms with Gasteiger partial charge in [0, 0.05) is 11.6 Å². The Morgan fingerprint density at radius 1 is 1.62 bits per heavy atom. The quantitative estimate of drug-likeness (QED) is 0.386. The molecule has 13 heavy (non-hydrogen) atoms. The van der Waals surface area contributed by atoms with Crippen LogP contribution in [0, 0.1) is 0 Å². The molecule has 0 atom stereocenters. The zero-order valence-corrected chi connectivity index (χ0v) is 7.64. The molecule has 0 aliphatic carbocycles. The highest BCUT2D eigenvalue weighted by Gasteiger charge is 2.27. The zero-order chi connectivity index (χ0) is 10.5. The van der Waals surface area contributed by atoms with E-state index in [-0.39, 0.29) is 12.2 Å². The maximum atomic E-state index is 12.8. The Morgan fingerprint density at radius 2 is 2.15 bits per heavy atom. The van der Waals surface area contributed by atoms with Gasteiger partial charge in [0.1, 0.15) is 0 Å². The summed E-state index contributed by atoms with van der Waals surface area (Å²) in [5, 5.41) is 0. The molecule has 0 amide bonds. The molecule has 74 valence electrons. The van der Waals surface area contributed by atoms with Crippen LogP contribution >= 0.6 is 0 Å². The molecule has 0 unspecified atom stereocenters. The topological polar surface area (TPSA) is 26.3 Å². The van der Waals surface area contributed by atoms with Crippen molar-refractivity contribution in [2.45, 2.75) is 19.8 Å². The number of carbonyl (C=O) groups is 1. The fraction of sp³-hybridized carbons (Fsp3) is 0.444. The fourth-order valence-corrected chi connectivity index (χ4v) is 0.618. The molecule has 0 saturated heterocycles. The zero-order valence-electron chi connectivity index (χ0n) is 7.64. The van der Waals surface area contributed by atoms with Gasteiger partial charge in [-0.25, -0.2) is 4.79 Å². The van der Waals surface area contributed by atoms with E-state index in [1.54, 1.807) is 6.92 Å². The van der Waals surface area contributed by atoms with Gasteiger partial charge in [0.05, 0.1) is 6.61 Å². The second-order valence-corrected chi connectivity index (χ2v) is 2.41. The van der Waals surface area contributed by atoms with Crippen LogP contribution in [0.4, 0.5) is 8.78 Å². The molecule has 0 radical (unpaired) electrons. The van der Waals surface area contributed by atoms with Crippen LogP contribution in [0.5, 0.6) is 0 Å². The van der Waals surface area contributed by atoms with Gasteiger partial charge in [0.25, 0.3) is 5.92 Å². The molecule has 0 aliphatic rings. The van der Waals surface area contributed by atoms with E-state index >= 15 is 0 Å². The number of carbonyl (C=O) groups excluding carboxylic acids is 1. The van der Waals surface area contributed by atoms with Crippen molar-refractivity contribution in [3.63, 3.8) is 0 Å². The standard InChI is InChI=1S/C9H12F2O2/c1-4-9(10,11)7(3)6-8(12)13-5-2/h4,6H,1,5H2,2-3H3/b7-6-. The number of hydrogen-bond donors (Lipinski definition) is 0. The highest BCUT2D eigenvalue weighted by molar-refractivity contribution is 5.83. The minimum absolute atomic E-state index is 0.169. The minimum Gasteiger partial charge on any atom is -0.463 e. The van der Waals surface area contributed by atoms with Crippen molar-refractivity contribution in [3.05, 3.63) is 24.3 Å². The van der Waals surface area contributed by atoms with Crippen LogP contribution in [0.3, 0.4) is 0 Å². The molecule has 0 N–H and O–H groups in total. The number of allylic oxidation sites excluding steroid dienone is 2. The van der Waals surface area contributed by atoms with Crippen molar-refractivity contribution in [3.8, 4) is 0 Å². The molecular weight excluding hydrogens is 178 g/mol. The highest BCUT2D eigenvalue weighted by atomic mass is 19.3. The Morgan fingerprint density at radius 3 is 2.54 bits per heavy atom. The largest absolute Gasteiger partial charge is 0.463 e. The first-order valence-corrected chi connectivity index (χ1v) is 3.81. The molecule has 0 aromatic carbocycles. The lowest BCUT2D eigenvalue weighted by Crippen LogP contribution is -2.15. The van der Waals surface area contributed by atoms with E-state index in [0.717, 1.165) is 13.0 Å². The molecule has 0 aromatic heterocycles. The van der Waals surface area contributed by atoms with E-state index in [1.165, 1.54) is 0 Å². The van der Waals surface area contributed by atoms with Crippen LogP contribution in [0.2, 0.25) is 0 Å². The lowest BCUT2D eigenvalue weighted by Gasteiger charge is -2.10. The first-order valence-electron chi connectivity index (χ1n) is 3.81. The van der Waals surface area contributed by atoms with Gasteiger partial charge in [-0.1, -0.05) is 6.58 Å².